The van der Waals surface area contributed by atoms with Crippen molar-refractivity contribution in [2.24, 2.45) is 0 Å². The largest absolute Gasteiger partial charge is 0.453 e. The summed E-state index contributed by atoms with van der Waals surface area (Å²) in [5.41, 5.74) is 3.66. The van der Waals surface area contributed by atoms with Gasteiger partial charge in [-0.15, -0.1) is 0 Å². The van der Waals surface area contributed by atoms with E-state index < -0.39 is 0 Å². The summed E-state index contributed by atoms with van der Waals surface area (Å²) in [5, 5.41) is 2.08. The molecule has 0 saturated carbocycles. The Morgan fingerprint density at radius 3 is 2.50 bits per heavy atom. The van der Waals surface area contributed by atoms with Gasteiger partial charge in [-0.1, -0.05) is 36.5 Å². The molecule has 0 bridgehead atoms. The standard InChI is InChI=1S/C20H18N2OS/c1-3-22(4-2)13-9-10-16-17(11-13)23-18-12-19(24)14-7-5-6-8-15(14)20(18)21-16/h5-12H,3-4H2,1-2H3. The second-order valence-corrected chi connectivity index (χ2v) is 6.25. The van der Waals surface area contributed by atoms with Crippen LogP contribution in [-0.4, -0.2) is 18.1 Å². The highest BCUT2D eigenvalue weighted by atomic mass is 32.1. The average Bonchev–Trinajstić information content (AvgIpc) is 2.62. The molecule has 120 valence electrons. The predicted octanol–water partition coefficient (Wildman–Crippen LogP) is 5.66. The predicted molar refractivity (Wildman–Crippen MR) is 103 cm³/mol. The first kappa shape index (κ1) is 15.1. The van der Waals surface area contributed by atoms with Crippen LogP contribution in [0.25, 0.3) is 33.3 Å². The first-order valence-electron chi connectivity index (χ1n) is 8.22. The summed E-state index contributed by atoms with van der Waals surface area (Å²) < 4.78 is 6.95. The van der Waals surface area contributed by atoms with Gasteiger partial charge in [0.05, 0.1) is 0 Å². The van der Waals surface area contributed by atoms with E-state index in [1.165, 1.54) is 0 Å². The Kier molecular flexibility index (Phi) is 3.69. The lowest BCUT2D eigenvalue weighted by atomic mass is 10.1. The van der Waals surface area contributed by atoms with Crippen LogP contribution in [0.15, 0.2) is 52.9 Å². The van der Waals surface area contributed by atoms with Crippen molar-refractivity contribution in [3.63, 3.8) is 0 Å². The molecule has 1 aliphatic carbocycles. The van der Waals surface area contributed by atoms with E-state index in [1.54, 1.807) is 0 Å². The summed E-state index contributed by atoms with van der Waals surface area (Å²) in [7, 11) is 0. The monoisotopic (exact) mass is 334 g/mol. The van der Waals surface area contributed by atoms with Gasteiger partial charge < -0.3 is 9.32 Å². The zero-order chi connectivity index (χ0) is 16.7. The van der Waals surface area contributed by atoms with Gasteiger partial charge in [0.15, 0.2) is 11.3 Å². The fraction of sp³-hybridized carbons (Fsp3) is 0.200. The highest BCUT2D eigenvalue weighted by molar-refractivity contribution is 7.71. The number of benzene rings is 3. The minimum absolute atomic E-state index is 0.739. The minimum atomic E-state index is 0.739. The van der Waals surface area contributed by atoms with Crippen molar-refractivity contribution in [2.45, 2.75) is 13.8 Å². The summed E-state index contributed by atoms with van der Waals surface area (Å²) in [6.07, 6.45) is 0. The molecule has 0 atom stereocenters. The Morgan fingerprint density at radius 1 is 1.00 bits per heavy atom. The van der Waals surface area contributed by atoms with Crippen LogP contribution < -0.4 is 4.90 Å². The van der Waals surface area contributed by atoms with Crippen LogP contribution in [0.5, 0.6) is 0 Å². The molecule has 1 heterocycles. The van der Waals surface area contributed by atoms with E-state index >= 15 is 0 Å². The van der Waals surface area contributed by atoms with E-state index in [4.69, 9.17) is 21.6 Å². The van der Waals surface area contributed by atoms with Crippen molar-refractivity contribution in [1.29, 1.82) is 0 Å². The van der Waals surface area contributed by atoms with E-state index in [0.717, 1.165) is 56.6 Å². The van der Waals surface area contributed by atoms with Crippen molar-refractivity contribution >= 4 is 39.8 Å². The maximum absolute atomic E-state index is 6.16. The topological polar surface area (TPSA) is 29.3 Å². The average molecular weight is 334 g/mol. The maximum Gasteiger partial charge on any atom is 0.155 e. The van der Waals surface area contributed by atoms with Gasteiger partial charge in [0.2, 0.25) is 0 Å². The van der Waals surface area contributed by atoms with Crippen LogP contribution in [0.4, 0.5) is 5.69 Å². The summed E-state index contributed by atoms with van der Waals surface area (Å²) in [5.74, 6) is 0.739. The Hall–Kier alpha value is -2.46. The van der Waals surface area contributed by atoms with Crippen molar-refractivity contribution in [1.82, 2.24) is 4.98 Å². The van der Waals surface area contributed by atoms with Crippen LogP contribution in [0.3, 0.4) is 0 Å². The molecular weight excluding hydrogens is 316 g/mol. The van der Waals surface area contributed by atoms with Gasteiger partial charge in [0.1, 0.15) is 11.2 Å². The quantitative estimate of drug-likeness (QED) is 0.274. The van der Waals surface area contributed by atoms with Crippen LogP contribution >= 0.6 is 12.2 Å². The number of fused-ring (bicyclic) bond motifs is 4. The molecule has 0 radical (unpaired) electrons. The second-order valence-electron chi connectivity index (χ2n) is 5.81. The molecule has 0 aromatic heterocycles. The van der Waals surface area contributed by atoms with Gasteiger partial charge in [-0.3, -0.25) is 0 Å². The lowest BCUT2D eigenvalue weighted by Crippen LogP contribution is -2.21. The molecule has 24 heavy (non-hydrogen) atoms. The van der Waals surface area contributed by atoms with Crippen LogP contribution in [-0.2, 0) is 0 Å². The molecule has 2 aromatic rings. The third-order valence-electron chi connectivity index (χ3n) is 4.47. The highest BCUT2D eigenvalue weighted by Crippen LogP contribution is 2.33. The number of anilines is 1. The third-order valence-corrected chi connectivity index (χ3v) is 4.81. The van der Waals surface area contributed by atoms with Gasteiger partial charge in [0.25, 0.3) is 0 Å². The number of aromatic nitrogens is 1. The molecule has 3 nitrogen and oxygen atoms in total. The van der Waals surface area contributed by atoms with E-state index in [9.17, 15) is 0 Å². The van der Waals surface area contributed by atoms with Crippen LogP contribution in [0.2, 0.25) is 0 Å². The minimum Gasteiger partial charge on any atom is -0.453 e. The number of hydrogen-bond donors (Lipinski definition) is 0. The SMILES string of the molecule is CCN(CC)c1ccc2nc3c4ccccc4c(=S)cc-3oc2c1. The zero-order valence-electron chi connectivity index (χ0n) is 13.7. The van der Waals surface area contributed by atoms with E-state index in [1.807, 2.05) is 36.4 Å². The van der Waals surface area contributed by atoms with E-state index in [0.29, 0.717) is 0 Å². The molecule has 2 aliphatic rings. The van der Waals surface area contributed by atoms with Crippen molar-refractivity contribution < 1.29 is 4.42 Å². The zero-order valence-corrected chi connectivity index (χ0v) is 14.6. The summed E-state index contributed by atoms with van der Waals surface area (Å²) in [6, 6.07) is 16.2. The molecule has 0 unspecified atom stereocenters. The van der Waals surface area contributed by atoms with Crippen LogP contribution in [0, 0.1) is 4.51 Å². The summed E-state index contributed by atoms with van der Waals surface area (Å²) in [6.45, 7) is 6.23. The van der Waals surface area contributed by atoms with Gasteiger partial charge in [-0.25, -0.2) is 4.98 Å². The molecule has 0 saturated heterocycles. The molecular formula is C20H18N2OS. The Labute approximate surface area is 145 Å². The van der Waals surface area contributed by atoms with Crippen LogP contribution in [0.1, 0.15) is 13.8 Å². The van der Waals surface area contributed by atoms with E-state index in [2.05, 4.69) is 30.9 Å². The molecule has 0 spiro atoms. The van der Waals surface area contributed by atoms with Crippen molar-refractivity contribution in [2.75, 3.05) is 18.0 Å². The van der Waals surface area contributed by atoms with Crippen molar-refractivity contribution in [3.05, 3.63) is 53.0 Å². The lowest BCUT2D eigenvalue weighted by Gasteiger charge is -2.21. The fourth-order valence-electron chi connectivity index (χ4n) is 3.20. The van der Waals surface area contributed by atoms with Gasteiger partial charge >= 0.3 is 0 Å². The van der Waals surface area contributed by atoms with Gasteiger partial charge in [-0.2, -0.15) is 0 Å². The molecule has 0 fully saturated rings. The maximum atomic E-state index is 6.16. The van der Waals surface area contributed by atoms with Gasteiger partial charge in [0, 0.05) is 46.2 Å². The Balaban J connectivity index is 2.02. The normalized spacial score (nSPS) is 11.4. The first-order valence-corrected chi connectivity index (χ1v) is 8.63. The second kappa shape index (κ2) is 5.87. The third kappa shape index (κ3) is 2.34. The highest BCUT2D eigenvalue weighted by Gasteiger charge is 2.14. The fourth-order valence-corrected chi connectivity index (χ4v) is 3.48. The Morgan fingerprint density at radius 2 is 1.75 bits per heavy atom. The van der Waals surface area contributed by atoms with Crippen molar-refractivity contribution in [3.8, 4) is 11.5 Å². The smallest absolute Gasteiger partial charge is 0.155 e. The van der Waals surface area contributed by atoms with E-state index in [-0.39, 0.29) is 0 Å². The summed E-state index contributed by atoms with van der Waals surface area (Å²) in [4.78, 5) is 7.13. The number of nitrogens with zero attached hydrogens (tertiary/aromatic N) is 2. The molecule has 4 heteroatoms. The Bertz CT molecular complexity index is 1070. The molecule has 2 aromatic carbocycles. The molecule has 4 rings (SSSR count). The van der Waals surface area contributed by atoms with Gasteiger partial charge in [-0.05, 0) is 26.0 Å². The molecule has 0 amide bonds. The summed E-state index contributed by atoms with van der Waals surface area (Å²) >= 11 is 5.51. The molecule has 1 aliphatic heterocycles. The number of rotatable bonds is 3. The first-order chi connectivity index (χ1) is 11.7. The lowest BCUT2D eigenvalue weighted by molar-refractivity contribution is 0.614. The number of hydrogen-bond acceptors (Lipinski definition) is 4. The molecule has 0 N–H and O–H groups in total.